The molecule has 0 aliphatic rings. The largest absolute Gasteiger partial charge is 0.444 e. The van der Waals surface area contributed by atoms with Crippen LogP contribution in [0.4, 0.5) is 29.9 Å². The summed E-state index contributed by atoms with van der Waals surface area (Å²) in [5.74, 6) is -0.434. The molecule has 180 valence electrons. The fourth-order valence-electron chi connectivity index (χ4n) is 2.85. The van der Waals surface area contributed by atoms with Gasteiger partial charge in [0.05, 0.1) is 17.6 Å². The van der Waals surface area contributed by atoms with Crippen LogP contribution < -0.4 is 10.6 Å². The minimum Gasteiger partial charge on any atom is -0.444 e. The summed E-state index contributed by atoms with van der Waals surface area (Å²) >= 11 is 0. The number of carbonyl (C=O) groups is 2. The van der Waals surface area contributed by atoms with E-state index in [1.165, 1.54) is 36.1 Å². The maximum atomic E-state index is 13.5. The standard InChI is InChI=1S/C22H24F2N6O4/c1-22(2,3)34-21(32)26-15-8-9-16(25-12-15)18-19(30(4)29-28-18)27-20(31)33-17(11-23)13-6-5-7-14(24)10-13/h5-10,12,17H,11H2,1-4H3,(H,26,32)(H,27,31)/t17-/m1/s1. The molecule has 3 aromatic rings. The smallest absolute Gasteiger partial charge is 0.413 e. The van der Waals surface area contributed by atoms with E-state index in [-0.39, 0.29) is 17.1 Å². The number of aryl methyl sites for hydroxylation is 1. The van der Waals surface area contributed by atoms with E-state index >= 15 is 0 Å². The van der Waals surface area contributed by atoms with E-state index in [1.54, 1.807) is 32.9 Å². The van der Waals surface area contributed by atoms with E-state index in [2.05, 4.69) is 25.9 Å². The quantitative estimate of drug-likeness (QED) is 0.535. The molecule has 2 aromatic heterocycles. The molecule has 0 fully saturated rings. The number of benzene rings is 1. The van der Waals surface area contributed by atoms with Crippen LogP contribution in [0, 0.1) is 5.82 Å². The highest BCUT2D eigenvalue weighted by atomic mass is 19.1. The zero-order valence-electron chi connectivity index (χ0n) is 19.0. The van der Waals surface area contributed by atoms with Crippen molar-refractivity contribution in [2.24, 2.45) is 7.05 Å². The maximum Gasteiger partial charge on any atom is 0.413 e. The third kappa shape index (κ3) is 6.47. The number of pyridine rings is 1. The van der Waals surface area contributed by atoms with Gasteiger partial charge in [0.2, 0.25) is 0 Å². The number of alkyl halides is 1. The SMILES string of the molecule is Cn1nnc(-c2ccc(NC(=O)OC(C)(C)C)cn2)c1NC(=O)O[C@H](CF)c1cccc(F)c1. The molecule has 2 N–H and O–H groups in total. The second-order valence-corrected chi connectivity index (χ2v) is 8.20. The highest BCUT2D eigenvalue weighted by molar-refractivity contribution is 5.88. The Bertz CT molecular complexity index is 1160. The first kappa shape index (κ1) is 24.6. The lowest BCUT2D eigenvalue weighted by molar-refractivity contribution is 0.0635. The van der Waals surface area contributed by atoms with Crippen LogP contribution in [0.5, 0.6) is 0 Å². The number of hydrogen-bond donors (Lipinski definition) is 2. The minimum atomic E-state index is -1.29. The fourth-order valence-corrected chi connectivity index (χ4v) is 2.85. The lowest BCUT2D eigenvalue weighted by Gasteiger charge is -2.19. The number of amides is 2. The van der Waals surface area contributed by atoms with Crippen LogP contribution in [0.25, 0.3) is 11.4 Å². The molecule has 10 nitrogen and oxygen atoms in total. The highest BCUT2D eigenvalue weighted by Crippen LogP contribution is 2.26. The molecule has 0 aliphatic heterocycles. The monoisotopic (exact) mass is 474 g/mol. The zero-order chi connectivity index (χ0) is 24.9. The molecule has 0 spiro atoms. The number of carbonyl (C=O) groups excluding carboxylic acids is 2. The number of anilines is 2. The predicted octanol–water partition coefficient (Wildman–Crippen LogP) is 4.62. The molecule has 0 radical (unpaired) electrons. The molecule has 1 aromatic carbocycles. The van der Waals surface area contributed by atoms with Crippen LogP contribution in [-0.4, -0.2) is 44.4 Å². The maximum absolute atomic E-state index is 13.5. The number of hydrogen-bond acceptors (Lipinski definition) is 7. The Morgan fingerprint density at radius 3 is 2.53 bits per heavy atom. The molecule has 1 atom stereocenters. The Hall–Kier alpha value is -4.09. The van der Waals surface area contributed by atoms with Crippen molar-refractivity contribution in [2.45, 2.75) is 32.5 Å². The Labute approximate surface area is 194 Å². The summed E-state index contributed by atoms with van der Waals surface area (Å²) in [5, 5.41) is 12.9. The van der Waals surface area contributed by atoms with E-state index in [9.17, 15) is 18.4 Å². The van der Waals surface area contributed by atoms with Gasteiger partial charge in [0, 0.05) is 7.05 Å². The van der Waals surface area contributed by atoms with Gasteiger partial charge in [0.1, 0.15) is 18.1 Å². The van der Waals surface area contributed by atoms with E-state index < -0.39 is 36.4 Å². The van der Waals surface area contributed by atoms with Gasteiger partial charge in [-0.3, -0.25) is 15.6 Å². The number of aromatic nitrogens is 4. The Morgan fingerprint density at radius 2 is 1.91 bits per heavy atom. The molecule has 3 rings (SSSR count). The molecular formula is C22H24F2N6O4. The van der Waals surface area contributed by atoms with Crippen LogP contribution in [-0.2, 0) is 16.5 Å². The molecule has 0 saturated heterocycles. The molecule has 34 heavy (non-hydrogen) atoms. The Balaban J connectivity index is 1.71. The van der Waals surface area contributed by atoms with E-state index in [1.807, 2.05) is 0 Å². The van der Waals surface area contributed by atoms with Gasteiger partial charge in [-0.1, -0.05) is 17.3 Å². The number of ether oxygens (including phenoxy) is 2. The van der Waals surface area contributed by atoms with Gasteiger partial charge in [-0.2, -0.15) is 0 Å². The van der Waals surface area contributed by atoms with Gasteiger partial charge in [-0.15, -0.1) is 5.10 Å². The summed E-state index contributed by atoms with van der Waals surface area (Å²) < 4.78 is 38.5. The molecule has 0 saturated carbocycles. The normalized spacial score (nSPS) is 12.1. The molecule has 0 aliphatic carbocycles. The molecule has 2 heterocycles. The van der Waals surface area contributed by atoms with Gasteiger partial charge in [-0.25, -0.2) is 23.1 Å². The highest BCUT2D eigenvalue weighted by Gasteiger charge is 2.22. The van der Waals surface area contributed by atoms with Crippen molar-refractivity contribution in [3.8, 4) is 11.4 Å². The van der Waals surface area contributed by atoms with Crippen molar-refractivity contribution in [1.29, 1.82) is 0 Å². The lowest BCUT2D eigenvalue weighted by atomic mass is 10.1. The summed E-state index contributed by atoms with van der Waals surface area (Å²) in [5.41, 5.74) is 0.464. The van der Waals surface area contributed by atoms with Gasteiger partial charge >= 0.3 is 12.2 Å². The van der Waals surface area contributed by atoms with Crippen LogP contribution in [0.15, 0.2) is 42.6 Å². The first-order valence-corrected chi connectivity index (χ1v) is 10.2. The number of halogens is 2. The molecule has 2 amide bonds. The summed E-state index contributed by atoms with van der Waals surface area (Å²) in [6, 6.07) is 8.27. The van der Waals surface area contributed by atoms with Gasteiger partial charge in [-0.05, 0) is 50.6 Å². The van der Waals surface area contributed by atoms with Crippen molar-refractivity contribution in [1.82, 2.24) is 20.0 Å². The second kappa shape index (κ2) is 10.2. The molecular weight excluding hydrogens is 450 g/mol. The number of rotatable bonds is 6. The number of nitrogens with one attached hydrogen (secondary N) is 2. The summed E-state index contributed by atoms with van der Waals surface area (Å²) in [6.45, 7) is 4.20. The Morgan fingerprint density at radius 1 is 1.15 bits per heavy atom. The first-order chi connectivity index (χ1) is 16.1. The van der Waals surface area contributed by atoms with Crippen molar-refractivity contribution in [3.05, 3.63) is 54.0 Å². The Kier molecular flexibility index (Phi) is 7.39. The molecule has 0 bridgehead atoms. The topological polar surface area (TPSA) is 120 Å². The van der Waals surface area contributed by atoms with Crippen LogP contribution >= 0.6 is 0 Å². The molecule has 12 heteroatoms. The fraction of sp³-hybridized carbons (Fsp3) is 0.318. The van der Waals surface area contributed by atoms with E-state index in [0.29, 0.717) is 11.4 Å². The second-order valence-electron chi connectivity index (χ2n) is 8.20. The van der Waals surface area contributed by atoms with Crippen LogP contribution in [0.2, 0.25) is 0 Å². The van der Waals surface area contributed by atoms with Crippen molar-refractivity contribution in [2.75, 3.05) is 17.3 Å². The van der Waals surface area contributed by atoms with Gasteiger partial charge in [0.15, 0.2) is 17.6 Å². The van der Waals surface area contributed by atoms with Crippen molar-refractivity contribution in [3.63, 3.8) is 0 Å². The first-order valence-electron chi connectivity index (χ1n) is 10.2. The average Bonchev–Trinajstić information content (AvgIpc) is 3.11. The third-order valence-corrected chi connectivity index (χ3v) is 4.31. The summed E-state index contributed by atoms with van der Waals surface area (Å²) in [7, 11) is 1.53. The number of nitrogens with zero attached hydrogens (tertiary/aromatic N) is 4. The summed E-state index contributed by atoms with van der Waals surface area (Å²) in [6.07, 6.45) is -1.52. The van der Waals surface area contributed by atoms with Crippen molar-refractivity contribution >= 4 is 23.7 Å². The third-order valence-electron chi connectivity index (χ3n) is 4.31. The lowest BCUT2D eigenvalue weighted by Crippen LogP contribution is -2.27. The average molecular weight is 474 g/mol. The minimum absolute atomic E-state index is 0.141. The van der Waals surface area contributed by atoms with Gasteiger partial charge < -0.3 is 9.47 Å². The van der Waals surface area contributed by atoms with Crippen molar-refractivity contribution < 1.29 is 27.8 Å². The van der Waals surface area contributed by atoms with E-state index in [0.717, 1.165) is 6.07 Å². The summed E-state index contributed by atoms with van der Waals surface area (Å²) in [4.78, 5) is 28.6. The predicted molar refractivity (Wildman–Crippen MR) is 119 cm³/mol. The molecule has 0 unspecified atom stereocenters. The zero-order valence-corrected chi connectivity index (χ0v) is 19.0. The van der Waals surface area contributed by atoms with E-state index in [4.69, 9.17) is 9.47 Å². The van der Waals surface area contributed by atoms with Gasteiger partial charge in [0.25, 0.3) is 0 Å². The van der Waals surface area contributed by atoms with Crippen LogP contribution in [0.3, 0.4) is 0 Å². The van der Waals surface area contributed by atoms with Crippen LogP contribution in [0.1, 0.15) is 32.4 Å².